The Labute approximate surface area is 173 Å². The van der Waals surface area contributed by atoms with Gasteiger partial charge in [-0.25, -0.2) is 4.39 Å². The van der Waals surface area contributed by atoms with Crippen LogP contribution in [0.3, 0.4) is 0 Å². The van der Waals surface area contributed by atoms with Crippen LogP contribution in [0.25, 0.3) is 10.9 Å². The van der Waals surface area contributed by atoms with Crippen molar-refractivity contribution >= 4 is 34.1 Å². The fourth-order valence-electron chi connectivity index (χ4n) is 3.74. The highest BCUT2D eigenvalue weighted by Gasteiger charge is 2.21. The van der Waals surface area contributed by atoms with Gasteiger partial charge in [-0.2, -0.15) is 0 Å². The van der Waals surface area contributed by atoms with Crippen LogP contribution in [-0.2, 0) is 4.79 Å². The highest BCUT2D eigenvalue weighted by Crippen LogP contribution is 2.24. The second kappa shape index (κ2) is 8.16. The number of benzene rings is 2. The average Bonchev–Trinajstić information content (AvgIpc) is 3.23. The second-order valence-electron chi connectivity index (χ2n) is 7.37. The molecule has 0 spiro atoms. The van der Waals surface area contributed by atoms with Gasteiger partial charge in [0, 0.05) is 42.9 Å². The van der Waals surface area contributed by atoms with Gasteiger partial charge in [-0.05, 0) is 42.8 Å². The van der Waals surface area contributed by atoms with Crippen LogP contribution in [0.15, 0.2) is 42.5 Å². The smallest absolute Gasteiger partial charge is 0.272 e. The van der Waals surface area contributed by atoms with Crippen molar-refractivity contribution in [1.82, 2.24) is 9.88 Å². The molecule has 1 aliphatic rings. The van der Waals surface area contributed by atoms with E-state index in [4.69, 9.17) is 5.11 Å². The number of aliphatic hydroxyl groups is 1. The number of anilines is 2. The third kappa shape index (κ3) is 3.86. The van der Waals surface area contributed by atoms with E-state index in [9.17, 15) is 14.0 Å². The number of halogens is 1. The number of carbonyl (C=O) groups excluding carboxylic acids is 2. The minimum atomic E-state index is -0.474. The van der Waals surface area contributed by atoms with Crippen LogP contribution < -0.4 is 10.2 Å². The molecule has 0 saturated carbocycles. The maximum Gasteiger partial charge on any atom is 0.272 e. The van der Waals surface area contributed by atoms with E-state index in [1.165, 1.54) is 12.1 Å². The van der Waals surface area contributed by atoms with Crippen LogP contribution in [0.1, 0.15) is 16.1 Å². The van der Waals surface area contributed by atoms with Gasteiger partial charge in [-0.3, -0.25) is 9.59 Å². The van der Waals surface area contributed by atoms with E-state index in [2.05, 4.69) is 15.2 Å². The van der Waals surface area contributed by atoms with Crippen molar-refractivity contribution < 1.29 is 19.1 Å². The molecule has 2 amide bonds. The fourth-order valence-corrected chi connectivity index (χ4v) is 3.74. The normalized spacial score (nSPS) is 14.2. The molecule has 0 unspecified atom stereocenters. The number of carbonyl (C=O) groups is 2. The molecule has 156 valence electrons. The van der Waals surface area contributed by atoms with Gasteiger partial charge >= 0.3 is 0 Å². The highest BCUT2D eigenvalue weighted by molar-refractivity contribution is 6.06. The lowest BCUT2D eigenvalue weighted by Crippen LogP contribution is -2.49. The van der Waals surface area contributed by atoms with Gasteiger partial charge in [0.1, 0.15) is 18.1 Å². The van der Waals surface area contributed by atoms with Crippen LogP contribution in [-0.4, -0.2) is 59.6 Å². The second-order valence-corrected chi connectivity index (χ2v) is 7.37. The minimum Gasteiger partial charge on any atom is -0.387 e. The summed E-state index contributed by atoms with van der Waals surface area (Å²) in [5.74, 6) is -0.979. The van der Waals surface area contributed by atoms with E-state index in [1.54, 1.807) is 17.0 Å². The van der Waals surface area contributed by atoms with Gasteiger partial charge < -0.3 is 25.2 Å². The van der Waals surface area contributed by atoms with Crippen molar-refractivity contribution in [2.45, 2.75) is 6.92 Å². The number of amides is 2. The monoisotopic (exact) mass is 410 g/mol. The van der Waals surface area contributed by atoms with Crippen molar-refractivity contribution in [1.29, 1.82) is 0 Å². The summed E-state index contributed by atoms with van der Waals surface area (Å²) >= 11 is 0. The van der Waals surface area contributed by atoms with E-state index >= 15 is 0 Å². The standard InChI is InChI=1S/C22H23FN4O3/c1-14-5-6-18(23)17-12-19(25-21(14)17)22(30)24-15-3-2-4-16(11-15)26-7-9-27(10-8-26)20(29)13-28/h2-6,11-12,25,28H,7-10,13H2,1H3,(H,24,30). The molecule has 2 aromatic carbocycles. The molecule has 8 heteroatoms. The number of aromatic nitrogens is 1. The number of aromatic amines is 1. The van der Waals surface area contributed by atoms with Crippen molar-refractivity contribution in [3.8, 4) is 0 Å². The first-order valence-electron chi connectivity index (χ1n) is 9.79. The summed E-state index contributed by atoms with van der Waals surface area (Å²) in [6, 6.07) is 12.1. The molecule has 30 heavy (non-hydrogen) atoms. The van der Waals surface area contributed by atoms with Crippen molar-refractivity contribution in [3.63, 3.8) is 0 Å². The predicted octanol–water partition coefficient (Wildman–Crippen LogP) is 2.51. The van der Waals surface area contributed by atoms with E-state index < -0.39 is 6.61 Å². The molecule has 0 aliphatic carbocycles. The topological polar surface area (TPSA) is 88.7 Å². The summed E-state index contributed by atoms with van der Waals surface area (Å²) in [7, 11) is 0. The van der Waals surface area contributed by atoms with E-state index in [0.29, 0.717) is 48.5 Å². The number of aryl methyl sites for hydroxylation is 1. The molecule has 0 atom stereocenters. The molecule has 7 nitrogen and oxygen atoms in total. The number of rotatable bonds is 4. The summed E-state index contributed by atoms with van der Waals surface area (Å²) in [6.45, 7) is 3.75. The lowest BCUT2D eigenvalue weighted by atomic mass is 10.1. The van der Waals surface area contributed by atoms with Crippen molar-refractivity contribution in [2.24, 2.45) is 0 Å². The Kier molecular flexibility index (Phi) is 5.41. The Bertz CT molecular complexity index is 1060. The molecule has 2 heterocycles. The van der Waals surface area contributed by atoms with Gasteiger partial charge in [-0.1, -0.05) is 12.1 Å². The summed E-state index contributed by atoms with van der Waals surface area (Å²) in [5, 5.41) is 12.2. The lowest BCUT2D eigenvalue weighted by Gasteiger charge is -2.36. The third-order valence-corrected chi connectivity index (χ3v) is 5.43. The van der Waals surface area contributed by atoms with E-state index in [0.717, 1.165) is 11.3 Å². The molecular formula is C22H23FN4O3. The molecule has 3 aromatic rings. The molecule has 3 N–H and O–H groups in total. The summed E-state index contributed by atoms with van der Waals surface area (Å²) in [6.07, 6.45) is 0. The Morgan fingerprint density at radius 3 is 2.60 bits per heavy atom. The molecule has 4 rings (SSSR count). The number of aliphatic hydroxyl groups excluding tert-OH is 1. The average molecular weight is 410 g/mol. The maximum atomic E-state index is 14.0. The van der Waals surface area contributed by atoms with Crippen LogP contribution in [0.5, 0.6) is 0 Å². The van der Waals surface area contributed by atoms with Crippen LogP contribution in [0.2, 0.25) is 0 Å². The van der Waals surface area contributed by atoms with E-state index in [-0.39, 0.29) is 17.6 Å². The quantitative estimate of drug-likeness (QED) is 0.617. The molecule has 1 fully saturated rings. The number of hydrogen-bond donors (Lipinski definition) is 3. The minimum absolute atomic E-state index is 0.263. The zero-order valence-corrected chi connectivity index (χ0v) is 16.6. The first-order chi connectivity index (χ1) is 14.5. The number of H-pyrrole nitrogens is 1. The highest BCUT2D eigenvalue weighted by atomic mass is 19.1. The molecule has 1 aromatic heterocycles. The Hall–Kier alpha value is -3.39. The summed E-state index contributed by atoms with van der Waals surface area (Å²) in [4.78, 5) is 31.1. The molecule has 0 radical (unpaired) electrons. The Morgan fingerprint density at radius 1 is 1.13 bits per heavy atom. The SMILES string of the molecule is Cc1ccc(F)c2cc(C(=O)Nc3cccc(N4CCN(C(=O)CO)CC4)c3)[nH]c12. The summed E-state index contributed by atoms with van der Waals surface area (Å²) in [5.41, 5.74) is 3.33. The van der Waals surface area contributed by atoms with Gasteiger partial charge in [0.05, 0.1) is 5.52 Å². The van der Waals surface area contributed by atoms with Crippen LogP contribution in [0.4, 0.5) is 15.8 Å². The van der Waals surface area contributed by atoms with Crippen molar-refractivity contribution in [3.05, 3.63) is 59.5 Å². The van der Waals surface area contributed by atoms with Crippen LogP contribution >= 0.6 is 0 Å². The first-order valence-corrected chi connectivity index (χ1v) is 9.79. The molecule has 1 saturated heterocycles. The van der Waals surface area contributed by atoms with Gasteiger partial charge in [-0.15, -0.1) is 0 Å². The van der Waals surface area contributed by atoms with E-state index in [1.807, 2.05) is 25.1 Å². The Morgan fingerprint density at radius 2 is 1.90 bits per heavy atom. The predicted molar refractivity (Wildman–Crippen MR) is 113 cm³/mol. The molecule has 0 bridgehead atoms. The number of fused-ring (bicyclic) bond motifs is 1. The largest absolute Gasteiger partial charge is 0.387 e. The number of piperazine rings is 1. The third-order valence-electron chi connectivity index (χ3n) is 5.43. The number of nitrogens with zero attached hydrogens (tertiary/aromatic N) is 2. The number of hydrogen-bond acceptors (Lipinski definition) is 4. The van der Waals surface area contributed by atoms with Gasteiger partial charge in [0.25, 0.3) is 5.91 Å². The van der Waals surface area contributed by atoms with Crippen molar-refractivity contribution in [2.75, 3.05) is 43.0 Å². The maximum absolute atomic E-state index is 14.0. The molecule has 1 aliphatic heterocycles. The Balaban J connectivity index is 1.47. The fraction of sp³-hybridized carbons (Fsp3) is 0.273. The summed E-state index contributed by atoms with van der Waals surface area (Å²) < 4.78 is 14.0. The van der Waals surface area contributed by atoms with Gasteiger partial charge in [0.2, 0.25) is 5.91 Å². The lowest BCUT2D eigenvalue weighted by molar-refractivity contribution is -0.134. The zero-order valence-electron chi connectivity index (χ0n) is 16.6. The van der Waals surface area contributed by atoms with Crippen LogP contribution in [0, 0.1) is 12.7 Å². The molecular weight excluding hydrogens is 387 g/mol. The first kappa shape index (κ1) is 19.9. The number of nitrogens with one attached hydrogen (secondary N) is 2. The zero-order chi connectivity index (χ0) is 21.3. The van der Waals surface area contributed by atoms with Gasteiger partial charge in [0.15, 0.2) is 0 Å².